The average Bonchev–Trinajstić information content (AvgIpc) is 3.30. The number of H-pyrrole nitrogens is 2. The lowest BCUT2D eigenvalue weighted by atomic mass is 10.1. The standard InChI is InChI=1S/C19H14FN5O/c20-14-7-5-12(6-8-14)17-9-18(24-23-17)19(26)25-22-11-13-10-21-16-4-2-1-3-15(13)16/h1-11,21H,(H,23,24)(H,25,26). The molecule has 2 heterocycles. The van der Waals surface area contributed by atoms with Gasteiger partial charge in [0, 0.05) is 28.2 Å². The second-order valence-corrected chi connectivity index (χ2v) is 5.66. The SMILES string of the molecule is O=C(NN=Cc1c[nH]c2ccccc12)c1cc(-c2ccc(F)cc2)n[nH]1. The number of hydrogen-bond donors (Lipinski definition) is 3. The van der Waals surface area contributed by atoms with Crippen molar-refractivity contribution in [2.75, 3.05) is 0 Å². The van der Waals surface area contributed by atoms with Crippen molar-refractivity contribution in [3.63, 3.8) is 0 Å². The summed E-state index contributed by atoms with van der Waals surface area (Å²) in [4.78, 5) is 15.3. The molecule has 0 unspecified atom stereocenters. The quantitative estimate of drug-likeness (QED) is 0.390. The molecule has 1 amide bonds. The van der Waals surface area contributed by atoms with E-state index in [0.717, 1.165) is 16.5 Å². The first kappa shape index (κ1) is 15.8. The fraction of sp³-hybridized carbons (Fsp3) is 0. The molecule has 128 valence electrons. The van der Waals surface area contributed by atoms with Crippen LogP contribution in [0.1, 0.15) is 16.1 Å². The van der Waals surface area contributed by atoms with Crippen LogP contribution in [0.3, 0.4) is 0 Å². The minimum absolute atomic E-state index is 0.264. The van der Waals surface area contributed by atoms with Crippen LogP contribution < -0.4 is 5.43 Å². The van der Waals surface area contributed by atoms with Crippen LogP contribution >= 0.6 is 0 Å². The van der Waals surface area contributed by atoms with Gasteiger partial charge >= 0.3 is 0 Å². The van der Waals surface area contributed by atoms with Crippen molar-refractivity contribution in [3.05, 3.63) is 77.9 Å². The summed E-state index contributed by atoms with van der Waals surface area (Å²) in [6, 6.07) is 15.3. The van der Waals surface area contributed by atoms with Gasteiger partial charge < -0.3 is 4.98 Å². The van der Waals surface area contributed by atoms with E-state index in [1.165, 1.54) is 12.1 Å². The van der Waals surface area contributed by atoms with Gasteiger partial charge in [-0.2, -0.15) is 10.2 Å². The van der Waals surface area contributed by atoms with Crippen molar-refractivity contribution in [1.82, 2.24) is 20.6 Å². The molecule has 6 nitrogen and oxygen atoms in total. The monoisotopic (exact) mass is 347 g/mol. The van der Waals surface area contributed by atoms with E-state index in [4.69, 9.17) is 0 Å². The number of carbonyl (C=O) groups excluding carboxylic acids is 1. The minimum atomic E-state index is -0.415. The highest BCUT2D eigenvalue weighted by Crippen LogP contribution is 2.18. The Balaban J connectivity index is 1.46. The maximum Gasteiger partial charge on any atom is 0.289 e. The van der Waals surface area contributed by atoms with E-state index in [1.807, 2.05) is 30.5 Å². The number of nitrogens with one attached hydrogen (secondary N) is 3. The van der Waals surface area contributed by atoms with Crippen molar-refractivity contribution in [3.8, 4) is 11.3 Å². The first-order valence-electron chi connectivity index (χ1n) is 7.91. The number of hydrazone groups is 1. The van der Waals surface area contributed by atoms with Crippen LogP contribution in [0.2, 0.25) is 0 Å². The van der Waals surface area contributed by atoms with Crippen molar-refractivity contribution in [2.45, 2.75) is 0 Å². The van der Waals surface area contributed by atoms with Crippen LogP contribution in [0.25, 0.3) is 22.2 Å². The zero-order valence-electron chi connectivity index (χ0n) is 13.5. The molecule has 7 heteroatoms. The molecule has 0 saturated carbocycles. The summed E-state index contributed by atoms with van der Waals surface area (Å²) >= 11 is 0. The van der Waals surface area contributed by atoms with E-state index >= 15 is 0 Å². The molecule has 2 aromatic carbocycles. The molecule has 0 bridgehead atoms. The fourth-order valence-corrected chi connectivity index (χ4v) is 2.63. The summed E-state index contributed by atoms with van der Waals surface area (Å²) in [6.45, 7) is 0. The van der Waals surface area contributed by atoms with E-state index in [9.17, 15) is 9.18 Å². The van der Waals surface area contributed by atoms with Crippen molar-refractivity contribution < 1.29 is 9.18 Å². The van der Waals surface area contributed by atoms with Crippen LogP contribution in [-0.2, 0) is 0 Å². The number of amides is 1. The number of aromatic amines is 2. The Bertz CT molecular complexity index is 1090. The maximum atomic E-state index is 13.0. The second kappa shape index (κ2) is 6.64. The number of hydrogen-bond acceptors (Lipinski definition) is 3. The number of para-hydroxylation sites is 1. The molecule has 0 fully saturated rings. The topological polar surface area (TPSA) is 85.9 Å². The molecule has 0 aliphatic heterocycles. The Labute approximate surface area is 147 Å². The third-order valence-electron chi connectivity index (χ3n) is 3.95. The first-order chi connectivity index (χ1) is 12.7. The van der Waals surface area contributed by atoms with Gasteiger partial charge in [-0.15, -0.1) is 0 Å². The first-order valence-corrected chi connectivity index (χ1v) is 7.91. The molecule has 0 aliphatic carbocycles. The van der Waals surface area contributed by atoms with E-state index < -0.39 is 5.91 Å². The van der Waals surface area contributed by atoms with Gasteiger partial charge in [0.15, 0.2) is 0 Å². The fourth-order valence-electron chi connectivity index (χ4n) is 2.63. The predicted octanol–water partition coefficient (Wildman–Crippen LogP) is 3.46. The lowest BCUT2D eigenvalue weighted by molar-refractivity contribution is 0.0950. The molecule has 2 aromatic heterocycles. The molecule has 4 aromatic rings. The van der Waals surface area contributed by atoms with Crippen LogP contribution in [0.4, 0.5) is 4.39 Å². The molecule has 0 atom stereocenters. The number of fused-ring (bicyclic) bond motifs is 1. The molecule has 4 rings (SSSR count). The highest BCUT2D eigenvalue weighted by atomic mass is 19.1. The Hall–Kier alpha value is -3.74. The molecule has 0 spiro atoms. The van der Waals surface area contributed by atoms with Gasteiger partial charge in [0.25, 0.3) is 5.91 Å². The number of rotatable bonds is 4. The zero-order chi connectivity index (χ0) is 17.9. The Morgan fingerprint density at radius 1 is 1.15 bits per heavy atom. The third kappa shape index (κ3) is 3.10. The Morgan fingerprint density at radius 2 is 1.96 bits per heavy atom. The molecule has 0 radical (unpaired) electrons. The van der Waals surface area contributed by atoms with Crippen molar-refractivity contribution in [1.29, 1.82) is 0 Å². The summed E-state index contributed by atoms with van der Waals surface area (Å²) in [7, 11) is 0. The molecule has 26 heavy (non-hydrogen) atoms. The number of carbonyl (C=O) groups is 1. The molecular weight excluding hydrogens is 333 g/mol. The summed E-state index contributed by atoms with van der Waals surface area (Å²) in [6.07, 6.45) is 3.40. The molecule has 0 aliphatic rings. The summed E-state index contributed by atoms with van der Waals surface area (Å²) in [5.41, 5.74) is 5.86. The molecule has 0 saturated heterocycles. The normalized spacial score (nSPS) is 11.3. The van der Waals surface area contributed by atoms with Crippen molar-refractivity contribution >= 4 is 23.0 Å². The van der Waals surface area contributed by atoms with E-state index in [2.05, 4.69) is 25.7 Å². The number of halogens is 1. The van der Waals surface area contributed by atoms with Crippen LogP contribution in [0, 0.1) is 5.82 Å². The van der Waals surface area contributed by atoms with Gasteiger partial charge in [-0.05, 0) is 36.4 Å². The highest BCUT2D eigenvalue weighted by molar-refractivity contribution is 6.00. The largest absolute Gasteiger partial charge is 0.361 e. The number of nitrogens with zero attached hydrogens (tertiary/aromatic N) is 2. The van der Waals surface area contributed by atoms with Gasteiger partial charge in [0.1, 0.15) is 11.5 Å². The van der Waals surface area contributed by atoms with E-state index in [0.29, 0.717) is 11.3 Å². The molecular formula is C19H14FN5O. The predicted molar refractivity (Wildman–Crippen MR) is 97.3 cm³/mol. The van der Waals surface area contributed by atoms with E-state index in [-0.39, 0.29) is 11.5 Å². The minimum Gasteiger partial charge on any atom is -0.361 e. The van der Waals surface area contributed by atoms with Crippen molar-refractivity contribution in [2.24, 2.45) is 5.10 Å². The van der Waals surface area contributed by atoms with E-state index in [1.54, 1.807) is 24.4 Å². The van der Waals surface area contributed by atoms with Gasteiger partial charge in [-0.1, -0.05) is 18.2 Å². The van der Waals surface area contributed by atoms with Crippen LogP contribution in [-0.4, -0.2) is 27.3 Å². The smallest absolute Gasteiger partial charge is 0.289 e. The van der Waals surface area contributed by atoms with Gasteiger partial charge in [0.2, 0.25) is 0 Å². The molecule has 3 N–H and O–H groups in total. The van der Waals surface area contributed by atoms with Gasteiger partial charge in [-0.3, -0.25) is 9.89 Å². The highest BCUT2D eigenvalue weighted by Gasteiger charge is 2.10. The summed E-state index contributed by atoms with van der Waals surface area (Å²) in [5, 5.41) is 11.7. The van der Waals surface area contributed by atoms with Crippen LogP contribution in [0.15, 0.2) is 65.9 Å². The van der Waals surface area contributed by atoms with Gasteiger partial charge in [-0.25, -0.2) is 9.82 Å². The lowest BCUT2D eigenvalue weighted by Crippen LogP contribution is -2.17. The van der Waals surface area contributed by atoms with Gasteiger partial charge in [0.05, 0.1) is 11.9 Å². The lowest BCUT2D eigenvalue weighted by Gasteiger charge is -1.96. The van der Waals surface area contributed by atoms with Crippen LogP contribution in [0.5, 0.6) is 0 Å². The summed E-state index contributed by atoms with van der Waals surface area (Å²) in [5.74, 6) is -0.740. The zero-order valence-corrected chi connectivity index (χ0v) is 13.5. The number of benzene rings is 2. The summed E-state index contributed by atoms with van der Waals surface area (Å²) < 4.78 is 13.0. The second-order valence-electron chi connectivity index (χ2n) is 5.66. The average molecular weight is 347 g/mol. The Kier molecular flexibility index (Phi) is 4.03. The Morgan fingerprint density at radius 3 is 2.81 bits per heavy atom. The maximum absolute atomic E-state index is 13.0. The third-order valence-corrected chi connectivity index (χ3v) is 3.95. The number of aromatic nitrogens is 3.